The lowest BCUT2D eigenvalue weighted by Gasteiger charge is -2.07. The van der Waals surface area contributed by atoms with Crippen LogP contribution in [0.15, 0.2) is 10.5 Å². The molecule has 0 saturated carbocycles. The van der Waals surface area contributed by atoms with Gasteiger partial charge in [-0.25, -0.2) is 5.48 Å². The van der Waals surface area contributed by atoms with Crippen LogP contribution in [-0.4, -0.2) is 18.3 Å². The third kappa shape index (κ3) is 1.71. The Balaban J connectivity index is 2.57. The monoisotopic (exact) mass is 273 g/mol. The molecule has 1 aromatic carbocycles. The lowest BCUT2D eigenvalue weighted by atomic mass is 10.1. The van der Waals surface area contributed by atoms with E-state index in [2.05, 4.69) is 15.9 Å². The first-order valence-electron chi connectivity index (χ1n) is 4.21. The molecule has 2 rings (SSSR count). The van der Waals surface area contributed by atoms with Crippen LogP contribution in [0.2, 0.25) is 0 Å². The number of fused-ring (bicyclic) bond motifs is 1. The molecule has 2 N–H and O–H groups in total. The average Bonchev–Trinajstić information content (AvgIpc) is 2.67. The molecule has 0 radical (unpaired) electrons. The summed E-state index contributed by atoms with van der Waals surface area (Å²) in [5.74, 6) is 0.923. The van der Waals surface area contributed by atoms with Crippen molar-refractivity contribution in [3.05, 3.63) is 21.7 Å². The summed E-state index contributed by atoms with van der Waals surface area (Å²) in [4.78, 5) is 10.8. The molecule has 1 aromatic rings. The maximum Gasteiger partial charge on any atom is 0.231 e. The van der Waals surface area contributed by atoms with E-state index in [-0.39, 0.29) is 13.3 Å². The molecule has 1 aliphatic rings. The highest BCUT2D eigenvalue weighted by Gasteiger charge is 2.23. The maximum atomic E-state index is 10.8. The topological polar surface area (TPSA) is 67.8 Å². The van der Waals surface area contributed by atoms with Crippen molar-refractivity contribution in [1.29, 1.82) is 0 Å². The Morgan fingerprint density at radius 2 is 2.27 bits per heavy atom. The fourth-order valence-corrected chi connectivity index (χ4v) is 2.00. The lowest BCUT2D eigenvalue weighted by Crippen LogP contribution is -2.07. The number of halogens is 1. The number of nitrogens with one attached hydrogen (secondary N) is 1. The Morgan fingerprint density at radius 1 is 1.53 bits per heavy atom. The normalized spacial score (nSPS) is 12.9. The summed E-state index contributed by atoms with van der Waals surface area (Å²) >= 11 is 3.25. The zero-order valence-corrected chi connectivity index (χ0v) is 9.20. The Labute approximate surface area is 94.1 Å². The summed E-state index contributed by atoms with van der Waals surface area (Å²) in [7, 11) is 0. The van der Waals surface area contributed by atoms with E-state index in [0.29, 0.717) is 27.8 Å². The van der Waals surface area contributed by atoms with Gasteiger partial charge in [-0.2, -0.15) is 0 Å². The molecule has 0 bridgehead atoms. The van der Waals surface area contributed by atoms with Gasteiger partial charge in [0, 0.05) is 16.6 Å². The van der Waals surface area contributed by atoms with Gasteiger partial charge >= 0.3 is 0 Å². The van der Waals surface area contributed by atoms with E-state index >= 15 is 0 Å². The lowest BCUT2D eigenvalue weighted by molar-refractivity contribution is 0.111. The number of hydrogen-bond acceptors (Lipinski definition) is 5. The SMILES string of the molecule is O=Cc1c(Br)cc(CNO)c2c1OCO2. The van der Waals surface area contributed by atoms with Gasteiger partial charge in [0.2, 0.25) is 6.79 Å². The van der Waals surface area contributed by atoms with Crippen molar-refractivity contribution < 1.29 is 19.5 Å². The summed E-state index contributed by atoms with van der Waals surface area (Å²) in [6.45, 7) is 0.314. The largest absolute Gasteiger partial charge is 0.453 e. The molecule has 80 valence electrons. The summed E-state index contributed by atoms with van der Waals surface area (Å²) in [5.41, 5.74) is 3.18. The first-order valence-corrected chi connectivity index (χ1v) is 5.00. The van der Waals surface area contributed by atoms with Crippen LogP contribution in [0.1, 0.15) is 15.9 Å². The van der Waals surface area contributed by atoms with Crippen molar-refractivity contribution in [2.75, 3.05) is 6.79 Å². The molecule has 0 fully saturated rings. The second kappa shape index (κ2) is 4.18. The van der Waals surface area contributed by atoms with Crippen LogP contribution in [0.25, 0.3) is 0 Å². The van der Waals surface area contributed by atoms with E-state index in [4.69, 9.17) is 14.7 Å². The molecule has 0 unspecified atom stereocenters. The minimum atomic E-state index is 0.0883. The van der Waals surface area contributed by atoms with E-state index < -0.39 is 0 Å². The molecule has 0 aromatic heterocycles. The van der Waals surface area contributed by atoms with Gasteiger partial charge < -0.3 is 14.7 Å². The number of ether oxygens (including phenoxy) is 2. The van der Waals surface area contributed by atoms with Gasteiger partial charge in [-0.1, -0.05) is 0 Å². The van der Waals surface area contributed by atoms with Crippen LogP contribution in [0.4, 0.5) is 0 Å². The minimum absolute atomic E-state index is 0.0883. The van der Waals surface area contributed by atoms with Crippen molar-refractivity contribution in [3.63, 3.8) is 0 Å². The fraction of sp³-hybridized carbons (Fsp3) is 0.222. The van der Waals surface area contributed by atoms with Gasteiger partial charge in [-0.05, 0) is 22.0 Å². The van der Waals surface area contributed by atoms with Gasteiger partial charge in [0.05, 0.1) is 5.56 Å². The van der Waals surface area contributed by atoms with Crippen LogP contribution in [0.3, 0.4) is 0 Å². The Kier molecular flexibility index (Phi) is 2.90. The number of carbonyl (C=O) groups excluding carboxylic acids is 1. The summed E-state index contributed by atoms with van der Waals surface area (Å²) in [6.07, 6.45) is 0.702. The molecule has 0 spiro atoms. The van der Waals surface area contributed by atoms with Crippen molar-refractivity contribution in [1.82, 2.24) is 5.48 Å². The number of carbonyl (C=O) groups is 1. The molecule has 1 aliphatic heterocycles. The number of benzene rings is 1. The first kappa shape index (κ1) is 10.4. The number of rotatable bonds is 3. The zero-order chi connectivity index (χ0) is 10.8. The molecule has 0 amide bonds. The van der Waals surface area contributed by atoms with Crippen molar-refractivity contribution >= 4 is 22.2 Å². The highest BCUT2D eigenvalue weighted by Crippen LogP contribution is 2.41. The quantitative estimate of drug-likeness (QED) is 0.645. The highest BCUT2D eigenvalue weighted by atomic mass is 79.9. The summed E-state index contributed by atoms with van der Waals surface area (Å²) in [5, 5.41) is 8.64. The predicted octanol–water partition coefficient (Wildman–Crippen LogP) is 1.47. The van der Waals surface area contributed by atoms with Crippen LogP contribution >= 0.6 is 15.9 Å². The number of hydroxylamine groups is 1. The van der Waals surface area contributed by atoms with Crippen LogP contribution in [0, 0.1) is 0 Å². The molecule has 0 saturated heterocycles. The average molecular weight is 274 g/mol. The van der Waals surface area contributed by atoms with Crippen LogP contribution < -0.4 is 15.0 Å². The second-order valence-electron chi connectivity index (χ2n) is 2.95. The first-order chi connectivity index (χ1) is 7.27. The highest BCUT2D eigenvalue weighted by molar-refractivity contribution is 9.10. The van der Waals surface area contributed by atoms with E-state index in [0.717, 1.165) is 5.56 Å². The van der Waals surface area contributed by atoms with Crippen molar-refractivity contribution in [2.24, 2.45) is 0 Å². The van der Waals surface area contributed by atoms with Gasteiger partial charge in [0.15, 0.2) is 17.8 Å². The summed E-state index contributed by atoms with van der Waals surface area (Å²) < 4.78 is 11.0. The van der Waals surface area contributed by atoms with Crippen LogP contribution in [-0.2, 0) is 6.54 Å². The molecule has 0 aliphatic carbocycles. The molecule has 5 nitrogen and oxygen atoms in total. The predicted molar refractivity (Wildman–Crippen MR) is 54.3 cm³/mol. The smallest absolute Gasteiger partial charge is 0.231 e. The molecule has 0 atom stereocenters. The van der Waals surface area contributed by atoms with E-state index in [1.54, 1.807) is 6.07 Å². The maximum absolute atomic E-state index is 10.8. The standard InChI is InChI=1S/C9H8BrNO4/c10-7-1-5(2-11-13)8-9(6(7)3-12)15-4-14-8/h1,3,11,13H,2,4H2. The minimum Gasteiger partial charge on any atom is -0.453 e. The van der Waals surface area contributed by atoms with Crippen molar-refractivity contribution in [3.8, 4) is 11.5 Å². The van der Waals surface area contributed by atoms with E-state index in [1.807, 2.05) is 5.48 Å². The van der Waals surface area contributed by atoms with E-state index in [9.17, 15) is 4.79 Å². The Hall–Kier alpha value is -1.11. The molecular formula is C9H8BrNO4. The molecule has 6 heteroatoms. The van der Waals surface area contributed by atoms with Gasteiger partial charge in [0.1, 0.15) is 0 Å². The number of aldehydes is 1. The molecule has 1 heterocycles. The van der Waals surface area contributed by atoms with Gasteiger partial charge in [-0.15, -0.1) is 0 Å². The molecule has 15 heavy (non-hydrogen) atoms. The van der Waals surface area contributed by atoms with Gasteiger partial charge in [0.25, 0.3) is 0 Å². The molecular weight excluding hydrogens is 266 g/mol. The Morgan fingerprint density at radius 3 is 2.93 bits per heavy atom. The fourth-order valence-electron chi connectivity index (χ4n) is 1.45. The zero-order valence-electron chi connectivity index (χ0n) is 7.62. The third-order valence-electron chi connectivity index (χ3n) is 2.09. The third-order valence-corrected chi connectivity index (χ3v) is 2.75. The van der Waals surface area contributed by atoms with Crippen LogP contribution in [0.5, 0.6) is 11.5 Å². The van der Waals surface area contributed by atoms with Crippen molar-refractivity contribution in [2.45, 2.75) is 6.54 Å². The Bertz CT molecular complexity index is 408. The second-order valence-corrected chi connectivity index (χ2v) is 3.80. The summed E-state index contributed by atoms with van der Waals surface area (Å²) in [6, 6.07) is 1.71. The van der Waals surface area contributed by atoms with E-state index in [1.165, 1.54) is 0 Å². The number of hydrogen-bond donors (Lipinski definition) is 2. The van der Waals surface area contributed by atoms with Gasteiger partial charge in [-0.3, -0.25) is 4.79 Å².